The van der Waals surface area contributed by atoms with E-state index in [1.807, 2.05) is 0 Å². The quantitative estimate of drug-likeness (QED) is 0.780. The van der Waals surface area contributed by atoms with Gasteiger partial charge in [-0.3, -0.25) is 0 Å². The van der Waals surface area contributed by atoms with Crippen LogP contribution in [0.3, 0.4) is 0 Å². The summed E-state index contributed by atoms with van der Waals surface area (Å²) < 4.78 is 26.8. The molecular formula is C13H17F2N. The second-order valence-electron chi connectivity index (χ2n) is 4.83. The highest BCUT2D eigenvalue weighted by Crippen LogP contribution is 2.36. The summed E-state index contributed by atoms with van der Waals surface area (Å²) in [6, 6.07) is 4.31. The van der Waals surface area contributed by atoms with E-state index in [1.165, 1.54) is 0 Å². The van der Waals surface area contributed by atoms with E-state index in [0.29, 0.717) is 11.5 Å². The normalized spacial score (nSPS) is 30.4. The average Bonchev–Trinajstić information content (AvgIpc) is 2.26. The van der Waals surface area contributed by atoms with Gasteiger partial charge in [-0.05, 0) is 36.8 Å². The topological polar surface area (TPSA) is 26.0 Å². The van der Waals surface area contributed by atoms with Gasteiger partial charge in [0.15, 0.2) is 11.6 Å². The molecule has 1 saturated carbocycles. The van der Waals surface area contributed by atoms with E-state index in [0.717, 1.165) is 25.3 Å². The van der Waals surface area contributed by atoms with Crippen molar-refractivity contribution in [2.24, 2.45) is 11.7 Å². The van der Waals surface area contributed by atoms with Crippen LogP contribution in [0, 0.1) is 17.6 Å². The van der Waals surface area contributed by atoms with E-state index >= 15 is 0 Å². The molecule has 3 heteroatoms. The van der Waals surface area contributed by atoms with Gasteiger partial charge in [-0.25, -0.2) is 8.78 Å². The largest absolute Gasteiger partial charge is 0.327 e. The number of rotatable bonds is 1. The molecule has 0 amide bonds. The number of nitrogens with two attached hydrogens (primary N) is 1. The molecule has 1 fully saturated rings. The summed E-state index contributed by atoms with van der Waals surface area (Å²) in [5, 5.41) is 0. The highest BCUT2D eigenvalue weighted by molar-refractivity contribution is 5.25. The van der Waals surface area contributed by atoms with Crippen molar-refractivity contribution in [1.29, 1.82) is 0 Å². The van der Waals surface area contributed by atoms with E-state index in [4.69, 9.17) is 5.73 Å². The van der Waals surface area contributed by atoms with E-state index in [-0.39, 0.29) is 12.0 Å². The van der Waals surface area contributed by atoms with Crippen LogP contribution < -0.4 is 5.73 Å². The smallest absolute Gasteiger partial charge is 0.162 e. The minimum atomic E-state index is -0.775. The third-order valence-electron chi connectivity index (χ3n) is 3.55. The molecule has 1 aliphatic carbocycles. The standard InChI is InChI=1S/C13H17F2N/c1-8-5-6-12(16)10(7-8)9-3-2-4-11(14)13(9)15/h2-4,8,10,12H,5-7,16H2,1H3. The fraction of sp³-hybridized carbons (Fsp3) is 0.538. The maximum Gasteiger partial charge on any atom is 0.162 e. The fourth-order valence-electron chi connectivity index (χ4n) is 2.57. The molecule has 0 spiro atoms. The maximum absolute atomic E-state index is 13.7. The SMILES string of the molecule is CC1CCC(N)C(c2cccc(F)c2F)C1. The summed E-state index contributed by atoms with van der Waals surface area (Å²) in [5.74, 6) is -1.01. The summed E-state index contributed by atoms with van der Waals surface area (Å²) in [7, 11) is 0. The molecule has 0 aromatic heterocycles. The van der Waals surface area contributed by atoms with Gasteiger partial charge in [0.05, 0.1) is 0 Å². The molecule has 3 unspecified atom stereocenters. The molecule has 88 valence electrons. The Balaban J connectivity index is 2.31. The molecular weight excluding hydrogens is 208 g/mol. The van der Waals surface area contributed by atoms with Gasteiger partial charge in [0.25, 0.3) is 0 Å². The van der Waals surface area contributed by atoms with Crippen LogP contribution in [-0.4, -0.2) is 6.04 Å². The van der Waals surface area contributed by atoms with E-state index in [9.17, 15) is 8.78 Å². The van der Waals surface area contributed by atoms with Crippen molar-refractivity contribution in [3.63, 3.8) is 0 Å². The van der Waals surface area contributed by atoms with Gasteiger partial charge in [0.2, 0.25) is 0 Å². The fourth-order valence-corrected chi connectivity index (χ4v) is 2.57. The lowest BCUT2D eigenvalue weighted by atomic mass is 9.75. The van der Waals surface area contributed by atoms with Gasteiger partial charge in [-0.1, -0.05) is 19.1 Å². The molecule has 2 rings (SSSR count). The summed E-state index contributed by atoms with van der Waals surface area (Å²) in [4.78, 5) is 0. The first-order chi connectivity index (χ1) is 7.59. The summed E-state index contributed by atoms with van der Waals surface area (Å²) in [6.07, 6.45) is 2.82. The summed E-state index contributed by atoms with van der Waals surface area (Å²) in [6.45, 7) is 2.14. The van der Waals surface area contributed by atoms with Crippen LogP contribution in [0.5, 0.6) is 0 Å². The Bertz CT molecular complexity index is 378. The number of benzene rings is 1. The number of halogens is 2. The van der Waals surface area contributed by atoms with Crippen LogP contribution in [0.15, 0.2) is 18.2 Å². The van der Waals surface area contributed by atoms with E-state index in [2.05, 4.69) is 6.92 Å². The predicted molar refractivity (Wildman–Crippen MR) is 60.1 cm³/mol. The monoisotopic (exact) mass is 225 g/mol. The number of hydrogen-bond acceptors (Lipinski definition) is 1. The van der Waals surface area contributed by atoms with Crippen molar-refractivity contribution in [3.05, 3.63) is 35.4 Å². The highest BCUT2D eigenvalue weighted by Gasteiger charge is 2.29. The highest BCUT2D eigenvalue weighted by atomic mass is 19.2. The van der Waals surface area contributed by atoms with Crippen molar-refractivity contribution >= 4 is 0 Å². The molecule has 1 nitrogen and oxygen atoms in total. The Labute approximate surface area is 94.7 Å². The number of hydrogen-bond donors (Lipinski definition) is 1. The van der Waals surface area contributed by atoms with Crippen LogP contribution in [0.4, 0.5) is 8.78 Å². The molecule has 0 heterocycles. The van der Waals surface area contributed by atoms with Crippen LogP contribution in [0.1, 0.15) is 37.7 Å². The first-order valence-corrected chi connectivity index (χ1v) is 5.79. The molecule has 0 radical (unpaired) electrons. The minimum absolute atomic E-state index is 0.0422. The zero-order valence-corrected chi connectivity index (χ0v) is 9.42. The molecule has 16 heavy (non-hydrogen) atoms. The van der Waals surface area contributed by atoms with Gasteiger partial charge < -0.3 is 5.73 Å². The third kappa shape index (κ3) is 2.09. The van der Waals surface area contributed by atoms with Crippen molar-refractivity contribution in [2.45, 2.75) is 38.1 Å². The molecule has 2 N–H and O–H groups in total. The molecule has 1 aromatic rings. The van der Waals surface area contributed by atoms with Crippen LogP contribution in [0.25, 0.3) is 0 Å². The first kappa shape index (κ1) is 11.5. The molecule has 1 aliphatic rings. The van der Waals surface area contributed by atoms with Crippen molar-refractivity contribution in [3.8, 4) is 0 Å². The lowest BCUT2D eigenvalue weighted by molar-refractivity contribution is 0.299. The maximum atomic E-state index is 13.7. The lowest BCUT2D eigenvalue weighted by Crippen LogP contribution is -2.34. The first-order valence-electron chi connectivity index (χ1n) is 5.79. The van der Waals surface area contributed by atoms with E-state index in [1.54, 1.807) is 12.1 Å². The Kier molecular flexibility index (Phi) is 3.24. The van der Waals surface area contributed by atoms with Crippen LogP contribution in [-0.2, 0) is 0 Å². The zero-order valence-electron chi connectivity index (χ0n) is 9.42. The Morgan fingerprint density at radius 3 is 2.75 bits per heavy atom. The van der Waals surface area contributed by atoms with Crippen LogP contribution in [0.2, 0.25) is 0 Å². The van der Waals surface area contributed by atoms with Gasteiger partial charge in [-0.2, -0.15) is 0 Å². The third-order valence-corrected chi connectivity index (χ3v) is 3.55. The minimum Gasteiger partial charge on any atom is -0.327 e. The van der Waals surface area contributed by atoms with Crippen molar-refractivity contribution in [2.75, 3.05) is 0 Å². The van der Waals surface area contributed by atoms with Crippen LogP contribution >= 0.6 is 0 Å². The molecule has 3 atom stereocenters. The second-order valence-corrected chi connectivity index (χ2v) is 4.83. The molecule has 1 aromatic carbocycles. The Morgan fingerprint density at radius 2 is 2.00 bits per heavy atom. The van der Waals surface area contributed by atoms with Gasteiger partial charge in [0, 0.05) is 12.0 Å². The van der Waals surface area contributed by atoms with Gasteiger partial charge in [0.1, 0.15) is 0 Å². The van der Waals surface area contributed by atoms with Crippen molar-refractivity contribution in [1.82, 2.24) is 0 Å². The molecule has 0 saturated heterocycles. The molecule has 0 bridgehead atoms. The molecule has 0 aliphatic heterocycles. The second kappa shape index (κ2) is 4.50. The van der Waals surface area contributed by atoms with Gasteiger partial charge >= 0.3 is 0 Å². The zero-order chi connectivity index (χ0) is 11.7. The predicted octanol–water partition coefficient (Wildman–Crippen LogP) is 3.20. The summed E-state index contributed by atoms with van der Waals surface area (Å²) >= 11 is 0. The van der Waals surface area contributed by atoms with Gasteiger partial charge in [-0.15, -0.1) is 0 Å². The lowest BCUT2D eigenvalue weighted by Gasteiger charge is -2.33. The average molecular weight is 225 g/mol. The van der Waals surface area contributed by atoms with Crippen molar-refractivity contribution < 1.29 is 8.78 Å². The Hall–Kier alpha value is -0.960. The van der Waals surface area contributed by atoms with E-state index < -0.39 is 11.6 Å². The summed E-state index contributed by atoms with van der Waals surface area (Å²) in [5.41, 5.74) is 6.45. The Morgan fingerprint density at radius 1 is 1.25 bits per heavy atom.